The summed E-state index contributed by atoms with van der Waals surface area (Å²) in [4.78, 5) is 7.98. The highest BCUT2D eigenvalue weighted by molar-refractivity contribution is 5.60. The highest BCUT2D eigenvalue weighted by Crippen LogP contribution is 2.26. The van der Waals surface area contributed by atoms with Crippen LogP contribution in [0.15, 0.2) is 30.5 Å². The number of H-pyrrole nitrogens is 1. The van der Waals surface area contributed by atoms with E-state index in [0.717, 1.165) is 35.9 Å². The summed E-state index contributed by atoms with van der Waals surface area (Å²) in [6, 6.07) is 8.04. The molecule has 1 aliphatic rings. The molecule has 0 amide bonds. The van der Waals surface area contributed by atoms with Crippen molar-refractivity contribution in [2.24, 2.45) is 0 Å². The Morgan fingerprint density at radius 3 is 3.11 bits per heavy atom. The van der Waals surface area contributed by atoms with E-state index >= 15 is 0 Å². The highest BCUT2D eigenvalue weighted by atomic mass is 16.5. The third-order valence-electron chi connectivity index (χ3n) is 3.66. The lowest BCUT2D eigenvalue weighted by Crippen LogP contribution is -2.28. The topological polar surface area (TPSA) is 49.9 Å². The number of nitrogens with zero attached hydrogens (tertiary/aromatic N) is 1. The molecular weight excluding hydrogens is 238 g/mol. The van der Waals surface area contributed by atoms with E-state index in [1.165, 1.54) is 12.8 Å². The molecule has 1 saturated heterocycles. The zero-order valence-corrected chi connectivity index (χ0v) is 11.1. The van der Waals surface area contributed by atoms with Crippen LogP contribution in [0.3, 0.4) is 0 Å². The first-order valence-electron chi connectivity index (χ1n) is 6.77. The third kappa shape index (κ3) is 2.63. The van der Waals surface area contributed by atoms with Crippen molar-refractivity contribution < 1.29 is 4.74 Å². The molecule has 100 valence electrons. The summed E-state index contributed by atoms with van der Waals surface area (Å²) < 4.78 is 5.26. The predicted molar refractivity (Wildman–Crippen MR) is 75.4 cm³/mol. The standard InChI is InChI=1S/C15H19N3O/c1-19-13-6-2-4-11(8-13)14-10-17-15(18-14)12-5-3-7-16-9-12/h2,4,6,8,10,12,16H,3,5,7,9H2,1H3,(H,17,18). The summed E-state index contributed by atoms with van der Waals surface area (Å²) in [5, 5.41) is 3.42. The molecule has 0 radical (unpaired) electrons. The van der Waals surface area contributed by atoms with Crippen LogP contribution in [-0.4, -0.2) is 30.2 Å². The molecule has 2 heterocycles. The van der Waals surface area contributed by atoms with Crippen LogP contribution in [0.5, 0.6) is 5.75 Å². The second-order valence-corrected chi connectivity index (χ2v) is 4.96. The average molecular weight is 257 g/mol. The van der Waals surface area contributed by atoms with E-state index in [9.17, 15) is 0 Å². The number of imidazole rings is 1. The van der Waals surface area contributed by atoms with Gasteiger partial charge in [0.25, 0.3) is 0 Å². The summed E-state index contributed by atoms with van der Waals surface area (Å²) in [6.07, 6.45) is 4.34. The Hall–Kier alpha value is -1.81. The molecule has 1 aromatic carbocycles. The van der Waals surface area contributed by atoms with Crippen molar-refractivity contribution in [3.63, 3.8) is 0 Å². The summed E-state index contributed by atoms with van der Waals surface area (Å²) in [7, 11) is 1.69. The van der Waals surface area contributed by atoms with Crippen LogP contribution in [0.25, 0.3) is 11.3 Å². The predicted octanol–water partition coefficient (Wildman–Crippen LogP) is 2.55. The average Bonchev–Trinajstić information content (AvgIpc) is 2.98. The summed E-state index contributed by atoms with van der Waals surface area (Å²) in [6.45, 7) is 2.14. The van der Waals surface area contributed by atoms with Gasteiger partial charge in [0, 0.05) is 18.0 Å². The van der Waals surface area contributed by atoms with Crippen LogP contribution in [-0.2, 0) is 0 Å². The van der Waals surface area contributed by atoms with Gasteiger partial charge < -0.3 is 15.0 Å². The van der Waals surface area contributed by atoms with Crippen molar-refractivity contribution in [2.45, 2.75) is 18.8 Å². The molecule has 2 N–H and O–H groups in total. The van der Waals surface area contributed by atoms with Crippen molar-refractivity contribution in [3.8, 4) is 17.0 Å². The van der Waals surface area contributed by atoms with Crippen LogP contribution < -0.4 is 10.1 Å². The van der Waals surface area contributed by atoms with E-state index in [0.29, 0.717) is 5.92 Å². The fraction of sp³-hybridized carbons (Fsp3) is 0.400. The van der Waals surface area contributed by atoms with Gasteiger partial charge in [-0.25, -0.2) is 4.98 Å². The zero-order valence-electron chi connectivity index (χ0n) is 11.1. The van der Waals surface area contributed by atoms with E-state index in [1.54, 1.807) is 7.11 Å². The minimum atomic E-state index is 0.508. The molecule has 1 fully saturated rings. The Morgan fingerprint density at radius 2 is 2.32 bits per heavy atom. The van der Waals surface area contributed by atoms with Crippen LogP contribution >= 0.6 is 0 Å². The molecule has 0 saturated carbocycles. The number of rotatable bonds is 3. The van der Waals surface area contributed by atoms with Gasteiger partial charge in [0.05, 0.1) is 19.0 Å². The number of benzene rings is 1. The largest absolute Gasteiger partial charge is 0.497 e. The molecule has 1 aromatic heterocycles. The van der Waals surface area contributed by atoms with Crippen LogP contribution in [0.4, 0.5) is 0 Å². The molecule has 19 heavy (non-hydrogen) atoms. The van der Waals surface area contributed by atoms with Gasteiger partial charge in [0.15, 0.2) is 0 Å². The number of aromatic amines is 1. The lowest BCUT2D eigenvalue weighted by Gasteiger charge is -2.20. The molecule has 0 bridgehead atoms. The van der Waals surface area contributed by atoms with Gasteiger partial charge in [0.1, 0.15) is 11.6 Å². The number of aromatic nitrogens is 2. The van der Waals surface area contributed by atoms with Crippen molar-refractivity contribution in [1.82, 2.24) is 15.3 Å². The summed E-state index contributed by atoms with van der Waals surface area (Å²) in [5.74, 6) is 2.46. The van der Waals surface area contributed by atoms with Gasteiger partial charge in [0.2, 0.25) is 0 Å². The molecule has 2 aromatic rings. The van der Waals surface area contributed by atoms with Crippen molar-refractivity contribution >= 4 is 0 Å². The van der Waals surface area contributed by atoms with Crippen LogP contribution in [0, 0.1) is 0 Å². The minimum Gasteiger partial charge on any atom is -0.497 e. The Morgan fingerprint density at radius 1 is 1.37 bits per heavy atom. The van der Waals surface area contributed by atoms with E-state index in [1.807, 2.05) is 24.4 Å². The number of hydrogen-bond acceptors (Lipinski definition) is 3. The number of hydrogen-bond donors (Lipinski definition) is 2. The first-order valence-corrected chi connectivity index (χ1v) is 6.77. The van der Waals surface area contributed by atoms with Crippen molar-refractivity contribution in [1.29, 1.82) is 0 Å². The monoisotopic (exact) mass is 257 g/mol. The second kappa shape index (κ2) is 5.45. The van der Waals surface area contributed by atoms with Gasteiger partial charge in [-0.15, -0.1) is 0 Å². The van der Waals surface area contributed by atoms with E-state index in [4.69, 9.17) is 4.74 Å². The molecule has 1 unspecified atom stereocenters. The quantitative estimate of drug-likeness (QED) is 0.888. The maximum atomic E-state index is 5.26. The van der Waals surface area contributed by atoms with E-state index < -0.39 is 0 Å². The Labute approximate surface area is 113 Å². The summed E-state index contributed by atoms with van der Waals surface area (Å²) >= 11 is 0. The molecule has 4 nitrogen and oxygen atoms in total. The smallest absolute Gasteiger partial charge is 0.119 e. The Balaban J connectivity index is 1.83. The number of piperidine rings is 1. The molecule has 1 atom stereocenters. The van der Waals surface area contributed by atoms with Gasteiger partial charge in [-0.2, -0.15) is 0 Å². The number of ether oxygens (including phenoxy) is 1. The number of nitrogens with one attached hydrogen (secondary N) is 2. The SMILES string of the molecule is COc1cccc(-c2cnc(C3CCCNC3)[nH]2)c1. The molecule has 1 aliphatic heterocycles. The van der Waals surface area contributed by atoms with E-state index in [-0.39, 0.29) is 0 Å². The van der Waals surface area contributed by atoms with Crippen molar-refractivity contribution in [3.05, 3.63) is 36.3 Å². The zero-order chi connectivity index (χ0) is 13.1. The van der Waals surface area contributed by atoms with Crippen LogP contribution in [0.1, 0.15) is 24.6 Å². The minimum absolute atomic E-state index is 0.508. The Bertz CT molecular complexity index is 544. The van der Waals surface area contributed by atoms with Crippen molar-refractivity contribution in [2.75, 3.05) is 20.2 Å². The first kappa shape index (κ1) is 12.2. The number of methoxy groups -OCH3 is 1. The molecule has 0 spiro atoms. The fourth-order valence-corrected chi connectivity index (χ4v) is 2.57. The first-order chi connectivity index (χ1) is 9.36. The van der Waals surface area contributed by atoms with Gasteiger partial charge in [-0.1, -0.05) is 12.1 Å². The van der Waals surface area contributed by atoms with Crippen LogP contribution in [0.2, 0.25) is 0 Å². The molecule has 3 rings (SSSR count). The molecular formula is C15H19N3O. The van der Waals surface area contributed by atoms with Gasteiger partial charge in [-0.05, 0) is 31.5 Å². The molecule has 0 aliphatic carbocycles. The summed E-state index contributed by atoms with van der Waals surface area (Å²) in [5.41, 5.74) is 2.17. The maximum absolute atomic E-state index is 5.26. The maximum Gasteiger partial charge on any atom is 0.119 e. The Kier molecular flexibility index (Phi) is 3.51. The fourth-order valence-electron chi connectivity index (χ4n) is 2.57. The van der Waals surface area contributed by atoms with E-state index in [2.05, 4.69) is 21.4 Å². The third-order valence-corrected chi connectivity index (χ3v) is 3.66. The highest BCUT2D eigenvalue weighted by Gasteiger charge is 2.18. The second-order valence-electron chi connectivity index (χ2n) is 4.96. The van der Waals surface area contributed by atoms with Gasteiger partial charge in [-0.3, -0.25) is 0 Å². The lowest BCUT2D eigenvalue weighted by atomic mass is 9.99. The normalized spacial score (nSPS) is 19.3. The lowest BCUT2D eigenvalue weighted by molar-refractivity contribution is 0.415. The molecule has 4 heteroatoms. The van der Waals surface area contributed by atoms with Gasteiger partial charge >= 0.3 is 0 Å².